The molecule has 0 spiro atoms. The van der Waals surface area contributed by atoms with Crippen molar-refractivity contribution in [3.63, 3.8) is 0 Å². The molecule has 0 fully saturated rings. The second-order valence-corrected chi connectivity index (χ2v) is 10.5. The van der Waals surface area contributed by atoms with Crippen LogP contribution in [0.25, 0.3) is 0 Å². The van der Waals surface area contributed by atoms with Crippen molar-refractivity contribution in [1.82, 2.24) is 20.6 Å². The van der Waals surface area contributed by atoms with E-state index in [2.05, 4.69) is 34.4 Å². The van der Waals surface area contributed by atoms with Crippen LogP contribution in [0.2, 0.25) is 0 Å². The first kappa shape index (κ1) is 34.4. The summed E-state index contributed by atoms with van der Waals surface area (Å²) in [4.78, 5) is 32.6. The fraction of sp³-hybridized carbons (Fsp3) is 0.607. The Kier molecular flexibility index (Phi) is 15.1. The number of rotatable bonds is 17. The molecule has 2 rings (SSSR count). The first-order chi connectivity index (χ1) is 18.1. The second-order valence-electron chi connectivity index (χ2n) is 10.5. The Hall–Kier alpha value is -2.66. The highest BCUT2D eigenvalue weighted by atomic mass is 35.5. The fourth-order valence-corrected chi connectivity index (χ4v) is 4.02. The van der Waals surface area contributed by atoms with Gasteiger partial charge in [-0.05, 0) is 57.1 Å². The van der Waals surface area contributed by atoms with E-state index in [-0.39, 0.29) is 42.6 Å². The van der Waals surface area contributed by atoms with Gasteiger partial charge in [-0.2, -0.15) is 0 Å². The van der Waals surface area contributed by atoms with Gasteiger partial charge in [-0.25, -0.2) is 4.98 Å². The summed E-state index contributed by atoms with van der Waals surface area (Å²) in [7, 11) is 1.67. The monoisotopic (exact) mass is 567 g/mol. The lowest BCUT2D eigenvalue weighted by Gasteiger charge is -2.28. The zero-order chi connectivity index (χ0) is 28.1. The highest BCUT2D eigenvalue weighted by molar-refractivity contribution is 5.96. The van der Waals surface area contributed by atoms with Crippen LogP contribution >= 0.6 is 12.4 Å². The van der Waals surface area contributed by atoms with E-state index in [9.17, 15) is 14.7 Å². The zero-order valence-electron chi connectivity index (χ0n) is 23.7. The highest BCUT2D eigenvalue weighted by Gasteiger charge is 2.32. The first-order valence-corrected chi connectivity index (χ1v) is 13.3. The molecule has 0 aliphatic heterocycles. The molecule has 0 saturated heterocycles. The van der Waals surface area contributed by atoms with E-state index in [1.54, 1.807) is 45.4 Å². The lowest BCUT2D eigenvalue weighted by molar-refractivity contribution is -0.126. The largest absolute Gasteiger partial charge is 0.493 e. The normalized spacial score (nSPS) is 13.7. The molecule has 0 aliphatic rings. The van der Waals surface area contributed by atoms with Crippen molar-refractivity contribution < 1.29 is 24.2 Å². The summed E-state index contributed by atoms with van der Waals surface area (Å²) in [5, 5.41) is 16.4. The Bertz CT molecular complexity index is 986. The first-order valence-electron chi connectivity index (χ1n) is 13.3. The lowest BCUT2D eigenvalue weighted by Crippen LogP contribution is -2.49. The summed E-state index contributed by atoms with van der Waals surface area (Å²) < 4.78 is 10.9. The number of para-hydroxylation sites is 1. The number of nitrogens with zero attached hydrogens (tertiary/aromatic N) is 1. The maximum absolute atomic E-state index is 13.0. The molecule has 3 atom stereocenters. The van der Waals surface area contributed by atoms with Gasteiger partial charge < -0.3 is 35.9 Å². The minimum atomic E-state index is -0.930. The number of methoxy groups -OCH3 is 1. The Morgan fingerprint density at radius 2 is 1.82 bits per heavy atom. The van der Waals surface area contributed by atoms with Crippen molar-refractivity contribution in [2.45, 2.75) is 64.5 Å². The molecule has 0 aliphatic carbocycles. The summed E-state index contributed by atoms with van der Waals surface area (Å²) in [6.07, 6.45) is 4.41. The van der Waals surface area contributed by atoms with Crippen LogP contribution in [0.3, 0.4) is 0 Å². The van der Waals surface area contributed by atoms with Gasteiger partial charge in [0.25, 0.3) is 5.91 Å². The molecule has 10 nitrogen and oxygen atoms in total. The number of halogens is 1. The molecular weight excluding hydrogens is 522 g/mol. The van der Waals surface area contributed by atoms with Crippen molar-refractivity contribution in [1.29, 1.82) is 0 Å². The quantitative estimate of drug-likeness (QED) is 0.184. The predicted molar refractivity (Wildman–Crippen MR) is 154 cm³/mol. The molecule has 220 valence electrons. The number of amides is 2. The number of carbonyl (C=O) groups is 2. The van der Waals surface area contributed by atoms with E-state index >= 15 is 0 Å². The third kappa shape index (κ3) is 10.8. The number of hydrogen-bond acceptors (Lipinski definition) is 7. The molecule has 0 bridgehead atoms. The van der Waals surface area contributed by atoms with Crippen molar-refractivity contribution in [2.24, 2.45) is 17.6 Å². The van der Waals surface area contributed by atoms with E-state index in [4.69, 9.17) is 15.2 Å². The maximum Gasteiger partial charge on any atom is 0.255 e. The molecule has 1 aromatic carbocycles. The molecule has 1 aromatic heterocycles. The number of carbonyl (C=O) groups excluding carboxylic acids is 2. The third-order valence-electron chi connectivity index (χ3n) is 6.88. The number of aromatic nitrogens is 2. The fourth-order valence-electron chi connectivity index (χ4n) is 4.02. The predicted octanol–water partition coefficient (Wildman–Crippen LogP) is 2.81. The second kappa shape index (κ2) is 17.1. The van der Waals surface area contributed by atoms with Gasteiger partial charge in [0.15, 0.2) is 0 Å². The summed E-state index contributed by atoms with van der Waals surface area (Å²) >= 11 is 0. The number of aromatic amines is 1. The number of aliphatic hydroxyl groups excluding tert-OH is 1. The molecule has 1 heterocycles. The van der Waals surface area contributed by atoms with Gasteiger partial charge in [0, 0.05) is 44.7 Å². The summed E-state index contributed by atoms with van der Waals surface area (Å²) in [5.74, 6) is 0.341. The number of imidazole rings is 1. The molecular formula is C28H46ClN5O5. The maximum atomic E-state index is 13.0. The average Bonchev–Trinajstić information content (AvgIpc) is 3.45. The smallest absolute Gasteiger partial charge is 0.255 e. The molecule has 2 amide bonds. The molecule has 39 heavy (non-hydrogen) atoms. The van der Waals surface area contributed by atoms with Crippen LogP contribution in [0.5, 0.6) is 5.75 Å². The van der Waals surface area contributed by atoms with E-state index < -0.39 is 17.6 Å². The molecule has 0 unspecified atom stereocenters. The van der Waals surface area contributed by atoms with Gasteiger partial charge in [-0.1, -0.05) is 26.0 Å². The Morgan fingerprint density at radius 1 is 1.13 bits per heavy atom. The number of unbranched alkanes of at least 4 members (excludes halogenated alkanes) is 1. The number of hydrogen-bond donors (Lipinski definition) is 5. The number of H-pyrrole nitrogens is 1. The van der Waals surface area contributed by atoms with Crippen LogP contribution in [0, 0.1) is 11.8 Å². The van der Waals surface area contributed by atoms with E-state index in [0.717, 1.165) is 12.8 Å². The van der Waals surface area contributed by atoms with E-state index in [0.29, 0.717) is 43.2 Å². The van der Waals surface area contributed by atoms with Gasteiger partial charge >= 0.3 is 0 Å². The van der Waals surface area contributed by atoms with Crippen LogP contribution in [-0.2, 0) is 14.9 Å². The Balaban J connectivity index is 0.00000760. The van der Waals surface area contributed by atoms with Gasteiger partial charge in [0.05, 0.1) is 30.0 Å². The number of nitrogens with one attached hydrogen (secondary N) is 3. The minimum absolute atomic E-state index is 0. The van der Waals surface area contributed by atoms with Gasteiger partial charge in [0.2, 0.25) is 5.91 Å². The summed E-state index contributed by atoms with van der Waals surface area (Å²) in [5.41, 5.74) is 6.66. The molecule has 11 heteroatoms. The lowest BCUT2D eigenvalue weighted by atomic mass is 9.87. The van der Waals surface area contributed by atoms with E-state index in [1.807, 2.05) is 6.07 Å². The minimum Gasteiger partial charge on any atom is -0.493 e. The summed E-state index contributed by atoms with van der Waals surface area (Å²) in [6, 6.07) is 6.61. The van der Waals surface area contributed by atoms with Gasteiger partial charge in [-0.3, -0.25) is 9.59 Å². The molecule has 2 aromatic rings. The van der Waals surface area contributed by atoms with Crippen LogP contribution in [0.15, 0.2) is 36.8 Å². The average molecular weight is 568 g/mol. The van der Waals surface area contributed by atoms with Crippen molar-refractivity contribution in [3.05, 3.63) is 48.0 Å². The number of nitrogens with two attached hydrogens (primary N) is 1. The Labute approximate surface area is 238 Å². The van der Waals surface area contributed by atoms with Crippen LogP contribution in [0.1, 0.15) is 63.0 Å². The SMILES string of the molecule is COCCCCOc1ccccc1C(=O)NC[C@@H](C[C@H](N)[C@@H](O)CNC(=O)C(C)(C)c1cnc[nH]1)C(C)C.Cl. The standard InChI is InChI=1S/C28H45N5O5.ClH/c1-19(2)20(14-22(29)23(34)16-32-27(36)28(3,4)25-17-30-18-33-25)15-31-26(35)21-10-6-7-11-24(21)38-13-9-8-12-37-5;/h6-7,10-11,17-20,22-23,34H,8-9,12-16,29H2,1-5H3,(H,30,33)(H,31,35)(H,32,36);1H/t20-,22+,23+;/m1./s1. The van der Waals surface area contributed by atoms with Crippen molar-refractivity contribution in [3.8, 4) is 5.75 Å². The van der Waals surface area contributed by atoms with Crippen LogP contribution in [0.4, 0.5) is 0 Å². The van der Waals surface area contributed by atoms with E-state index in [1.165, 1.54) is 6.33 Å². The van der Waals surface area contributed by atoms with Crippen LogP contribution in [-0.4, -0.2) is 72.4 Å². The summed E-state index contributed by atoms with van der Waals surface area (Å²) in [6.45, 7) is 9.29. The number of benzene rings is 1. The third-order valence-corrected chi connectivity index (χ3v) is 6.88. The zero-order valence-corrected chi connectivity index (χ0v) is 24.6. The molecule has 0 radical (unpaired) electrons. The number of ether oxygens (including phenoxy) is 2. The number of aliphatic hydroxyl groups is 1. The molecule has 6 N–H and O–H groups in total. The Morgan fingerprint density at radius 3 is 2.46 bits per heavy atom. The van der Waals surface area contributed by atoms with Crippen molar-refractivity contribution in [2.75, 3.05) is 33.4 Å². The van der Waals surface area contributed by atoms with Gasteiger partial charge in [-0.15, -0.1) is 12.4 Å². The highest BCUT2D eigenvalue weighted by Crippen LogP contribution is 2.22. The van der Waals surface area contributed by atoms with Crippen molar-refractivity contribution >= 4 is 24.2 Å². The topological polar surface area (TPSA) is 152 Å². The van der Waals surface area contributed by atoms with Gasteiger partial charge in [0.1, 0.15) is 5.75 Å². The van der Waals surface area contributed by atoms with Crippen LogP contribution < -0.4 is 21.1 Å². The molecule has 0 saturated carbocycles.